The molecule has 1 amide bonds. The summed E-state index contributed by atoms with van der Waals surface area (Å²) in [6.45, 7) is 5.69. The van der Waals surface area contributed by atoms with Crippen molar-refractivity contribution in [3.63, 3.8) is 0 Å². The van der Waals surface area contributed by atoms with Crippen molar-refractivity contribution in [1.82, 2.24) is 20.0 Å². The van der Waals surface area contributed by atoms with Crippen molar-refractivity contribution in [1.29, 1.82) is 0 Å². The number of aromatic nitrogens is 3. The second-order valence-electron chi connectivity index (χ2n) is 7.61. The van der Waals surface area contributed by atoms with Crippen molar-refractivity contribution in [3.8, 4) is 11.5 Å². The highest BCUT2D eigenvalue weighted by molar-refractivity contribution is 5.85. The van der Waals surface area contributed by atoms with Crippen LogP contribution in [0.3, 0.4) is 0 Å². The molecule has 2 fully saturated rings. The normalized spacial score (nSPS) is 25.5. The fraction of sp³-hybridized carbons (Fsp3) is 0.556. The summed E-state index contributed by atoms with van der Waals surface area (Å²) in [6.07, 6.45) is 7.36. The monoisotopic (exact) mass is 326 g/mol. The molecule has 1 saturated heterocycles. The Morgan fingerprint density at radius 2 is 1.96 bits per heavy atom. The Hall–Kier alpha value is -2.24. The fourth-order valence-corrected chi connectivity index (χ4v) is 3.46. The minimum Gasteiger partial charge on any atom is -0.341 e. The summed E-state index contributed by atoms with van der Waals surface area (Å²) in [7, 11) is 0. The summed E-state index contributed by atoms with van der Waals surface area (Å²) < 4.78 is 5.45. The predicted octanol–water partition coefficient (Wildman–Crippen LogP) is 2.81. The number of carbonyl (C=O) groups excluding carboxylic acids is 1. The molecule has 2 aromatic rings. The number of amides is 1. The van der Waals surface area contributed by atoms with Gasteiger partial charge in [-0.15, -0.1) is 0 Å². The van der Waals surface area contributed by atoms with E-state index in [0.717, 1.165) is 37.8 Å². The van der Waals surface area contributed by atoms with Gasteiger partial charge in [-0.25, -0.2) is 0 Å². The minimum atomic E-state index is -0.256. The van der Waals surface area contributed by atoms with Gasteiger partial charge in [0.05, 0.1) is 0 Å². The molecule has 24 heavy (non-hydrogen) atoms. The lowest BCUT2D eigenvalue weighted by Crippen LogP contribution is -2.49. The summed E-state index contributed by atoms with van der Waals surface area (Å²) in [5.41, 5.74) is 0.479. The van der Waals surface area contributed by atoms with Gasteiger partial charge in [0.1, 0.15) is 0 Å². The number of nitrogens with zero attached hydrogens (tertiary/aromatic N) is 4. The van der Waals surface area contributed by atoms with Gasteiger partial charge in [0.2, 0.25) is 5.91 Å². The topological polar surface area (TPSA) is 72.1 Å². The van der Waals surface area contributed by atoms with Gasteiger partial charge < -0.3 is 9.42 Å². The number of pyridine rings is 1. The fourth-order valence-electron chi connectivity index (χ4n) is 3.46. The molecule has 1 saturated carbocycles. The zero-order chi connectivity index (χ0) is 16.8. The highest BCUT2D eigenvalue weighted by Crippen LogP contribution is 2.47. The van der Waals surface area contributed by atoms with Crippen LogP contribution in [0.5, 0.6) is 0 Å². The molecule has 0 bridgehead atoms. The van der Waals surface area contributed by atoms with E-state index in [0.29, 0.717) is 18.3 Å². The van der Waals surface area contributed by atoms with Gasteiger partial charge >= 0.3 is 0 Å². The molecule has 6 heteroatoms. The molecule has 1 aliphatic carbocycles. The van der Waals surface area contributed by atoms with Crippen molar-refractivity contribution >= 4 is 5.91 Å². The zero-order valence-corrected chi connectivity index (χ0v) is 14.2. The smallest absolute Gasteiger partial charge is 0.258 e. The van der Waals surface area contributed by atoms with E-state index in [-0.39, 0.29) is 16.7 Å². The van der Waals surface area contributed by atoms with Gasteiger partial charge in [-0.05, 0) is 37.8 Å². The molecule has 2 aromatic heterocycles. The number of carbonyl (C=O) groups is 1. The number of piperidine rings is 1. The van der Waals surface area contributed by atoms with Crippen LogP contribution in [0.2, 0.25) is 0 Å². The molecule has 0 N–H and O–H groups in total. The molecular formula is C18H22N4O2. The molecule has 2 aliphatic rings. The molecule has 0 radical (unpaired) electrons. The molecule has 3 heterocycles. The quantitative estimate of drug-likeness (QED) is 0.867. The third-order valence-corrected chi connectivity index (χ3v) is 5.39. The second-order valence-corrected chi connectivity index (χ2v) is 7.61. The van der Waals surface area contributed by atoms with E-state index in [9.17, 15) is 4.79 Å². The van der Waals surface area contributed by atoms with Crippen LogP contribution < -0.4 is 0 Å². The number of rotatable bonds is 3. The Labute approximate surface area is 141 Å². The third kappa shape index (κ3) is 2.60. The summed E-state index contributed by atoms with van der Waals surface area (Å²) >= 11 is 0. The van der Waals surface area contributed by atoms with Gasteiger partial charge in [-0.3, -0.25) is 9.78 Å². The van der Waals surface area contributed by atoms with Crippen molar-refractivity contribution in [2.45, 2.75) is 44.9 Å². The van der Waals surface area contributed by atoms with Gasteiger partial charge in [0.15, 0.2) is 5.82 Å². The van der Waals surface area contributed by atoms with E-state index >= 15 is 0 Å². The van der Waals surface area contributed by atoms with Crippen LogP contribution in [0, 0.1) is 5.41 Å². The summed E-state index contributed by atoms with van der Waals surface area (Å²) in [4.78, 5) is 23.3. The first-order valence-electron chi connectivity index (χ1n) is 8.54. The Bertz CT molecular complexity index is 753. The lowest BCUT2D eigenvalue weighted by atomic mass is 9.80. The molecule has 1 unspecified atom stereocenters. The largest absolute Gasteiger partial charge is 0.341 e. The van der Waals surface area contributed by atoms with Crippen LogP contribution in [0.25, 0.3) is 11.5 Å². The van der Waals surface area contributed by atoms with Crippen molar-refractivity contribution < 1.29 is 9.32 Å². The lowest BCUT2D eigenvalue weighted by Gasteiger charge is -2.39. The van der Waals surface area contributed by atoms with E-state index in [2.05, 4.69) is 29.0 Å². The Kier molecular flexibility index (Phi) is 3.44. The third-order valence-electron chi connectivity index (χ3n) is 5.39. The maximum atomic E-state index is 12.7. The van der Waals surface area contributed by atoms with E-state index in [4.69, 9.17) is 4.52 Å². The minimum absolute atomic E-state index is 0.127. The zero-order valence-electron chi connectivity index (χ0n) is 14.2. The Morgan fingerprint density at radius 3 is 2.67 bits per heavy atom. The van der Waals surface area contributed by atoms with Gasteiger partial charge in [-0.2, -0.15) is 4.98 Å². The molecule has 0 spiro atoms. The van der Waals surface area contributed by atoms with Crippen LogP contribution in [-0.2, 0) is 10.2 Å². The maximum Gasteiger partial charge on any atom is 0.258 e. The average molecular weight is 326 g/mol. The molecule has 4 rings (SSSR count). The van der Waals surface area contributed by atoms with E-state index in [1.807, 2.05) is 17.0 Å². The summed E-state index contributed by atoms with van der Waals surface area (Å²) in [5.74, 6) is 1.48. The van der Waals surface area contributed by atoms with Crippen LogP contribution >= 0.6 is 0 Å². The van der Waals surface area contributed by atoms with Crippen LogP contribution in [0.4, 0.5) is 0 Å². The SMILES string of the molecule is CC1(C(=O)N2CCCC(C)(c3noc(-c4ccncc4)n3)C2)CC1. The van der Waals surface area contributed by atoms with Gasteiger partial charge in [-0.1, -0.05) is 19.0 Å². The molecule has 1 atom stereocenters. The first kappa shape index (κ1) is 15.3. The highest BCUT2D eigenvalue weighted by Gasteiger charge is 2.49. The number of hydrogen-bond donors (Lipinski definition) is 0. The number of likely N-dealkylation sites (tertiary alicyclic amines) is 1. The maximum absolute atomic E-state index is 12.7. The van der Waals surface area contributed by atoms with Crippen LogP contribution in [-0.4, -0.2) is 39.0 Å². The first-order valence-corrected chi connectivity index (χ1v) is 8.54. The standard InChI is InChI=1S/C18H22N4O2/c1-17(7-8-17)16(23)22-11-3-6-18(2,12-22)15-20-14(24-21-15)13-4-9-19-10-5-13/h4-5,9-10H,3,6-8,11-12H2,1-2H3. The van der Waals surface area contributed by atoms with Gasteiger partial charge in [0.25, 0.3) is 5.89 Å². The van der Waals surface area contributed by atoms with Gasteiger partial charge in [0, 0.05) is 41.9 Å². The molecule has 0 aromatic carbocycles. The number of hydrogen-bond acceptors (Lipinski definition) is 5. The van der Waals surface area contributed by atoms with Crippen LogP contribution in [0.15, 0.2) is 29.0 Å². The summed E-state index contributed by atoms with van der Waals surface area (Å²) in [6, 6.07) is 3.70. The van der Waals surface area contributed by atoms with Crippen molar-refractivity contribution in [2.24, 2.45) is 5.41 Å². The molecular weight excluding hydrogens is 304 g/mol. The average Bonchev–Trinajstić information content (AvgIpc) is 3.15. The second kappa shape index (κ2) is 5.40. The van der Waals surface area contributed by atoms with Crippen molar-refractivity contribution in [3.05, 3.63) is 30.4 Å². The first-order chi connectivity index (χ1) is 11.5. The van der Waals surface area contributed by atoms with Crippen LogP contribution in [0.1, 0.15) is 45.4 Å². The summed E-state index contributed by atoms with van der Waals surface area (Å²) in [5, 5.41) is 4.22. The molecule has 126 valence electrons. The van der Waals surface area contributed by atoms with E-state index in [1.165, 1.54) is 0 Å². The van der Waals surface area contributed by atoms with E-state index in [1.54, 1.807) is 12.4 Å². The van der Waals surface area contributed by atoms with Crippen molar-refractivity contribution in [2.75, 3.05) is 13.1 Å². The predicted molar refractivity (Wildman–Crippen MR) is 88.0 cm³/mol. The Balaban J connectivity index is 1.56. The lowest BCUT2D eigenvalue weighted by molar-refractivity contribution is -0.138. The van der Waals surface area contributed by atoms with E-state index < -0.39 is 0 Å². The Morgan fingerprint density at radius 1 is 1.21 bits per heavy atom. The molecule has 1 aliphatic heterocycles. The highest BCUT2D eigenvalue weighted by atomic mass is 16.5. The molecule has 6 nitrogen and oxygen atoms in total.